The van der Waals surface area contributed by atoms with Gasteiger partial charge < -0.3 is 41.5 Å². The second-order valence-electron chi connectivity index (χ2n) is 11.2. The first kappa shape index (κ1) is 45.6. The molecular weight excluding hydrogens is 675 g/mol. The van der Waals surface area contributed by atoms with E-state index in [1.165, 1.54) is 24.4 Å². The number of aliphatic imine (C=N–C) groups is 1. The van der Waals surface area contributed by atoms with Crippen LogP contribution in [0.1, 0.15) is 49.5 Å². The molecule has 0 spiro atoms. The fourth-order valence-corrected chi connectivity index (χ4v) is 4.34. The largest absolute Gasteiger partial charge is 0.497 e. The number of hydrogen-bond donors (Lipinski definition) is 5. The normalized spacial score (nSPS) is 11.0. The summed E-state index contributed by atoms with van der Waals surface area (Å²) in [6.07, 6.45) is 21.0. The van der Waals surface area contributed by atoms with E-state index in [4.69, 9.17) is 30.8 Å². The van der Waals surface area contributed by atoms with Crippen molar-refractivity contribution in [2.45, 2.75) is 33.1 Å². The lowest BCUT2D eigenvalue weighted by molar-refractivity contribution is 0.414. The maximum atomic E-state index is 7.33. The number of aromatic amines is 1. The van der Waals surface area contributed by atoms with Gasteiger partial charge in [-0.05, 0) is 105 Å². The van der Waals surface area contributed by atoms with E-state index in [0.29, 0.717) is 12.1 Å². The number of aryl methyl sites for hydroxylation is 1. The van der Waals surface area contributed by atoms with Crippen molar-refractivity contribution in [2.75, 3.05) is 27.8 Å². The molecule has 0 fully saturated rings. The van der Waals surface area contributed by atoms with Crippen LogP contribution in [-0.4, -0.2) is 50.0 Å². The van der Waals surface area contributed by atoms with Crippen LogP contribution in [0.5, 0.6) is 11.5 Å². The Morgan fingerprint density at radius 1 is 0.926 bits per heavy atom. The number of allylic oxidation sites excluding steroid dienone is 8. The highest BCUT2D eigenvalue weighted by atomic mass is 16.5. The number of nitrogens with one attached hydrogen (secondary N) is 2. The maximum Gasteiger partial charge on any atom is 0.186 e. The summed E-state index contributed by atoms with van der Waals surface area (Å²) in [5.74, 6) is 4.35. The number of hydrogen-bond acceptors (Lipinski definition) is 7. The van der Waals surface area contributed by atoms with Gasteiger partial charge in [0.25, 0.3) is 0 Å². The number of nitrogens with two attached hydrogens (primary N) is 3. The van der Waals surface area contributed by atoms with E-state index in [1.807, 2.05) is 66.8 Å². The van der Waals surface area contributed by atoms with Crippen LogP contribution in [0.4, 0.5) is 0 Å². The fraction of sp³-hybridized carbons (Fsp3) is 0.205. The molecule has 54 heavy (non-hydrogen) atoms. The van der Waals surface area contributed by atoms with Gasteiger partial charge in [-0.25, -0.2) is 9.98 Å². The van der Waals surface area contributed by atoms with Crippen molar-refractivity contribution in [3.05, 3.63) is 157 Å². The van der Waals surface area contributed by atoms with Crippen molar-refractivity contribution in [2.24, 2.45) is 22.2 Å². The third-order valence-corrected chi connectivity index (χ3v) is 7.25. The smallest absolute Gasteiger partial charge is 0.186 e. The van der Waals surface area contributed by atoms with Gasteiger partial charge in [0, 0.05) is 17.4 Å². The number of furan rings is 1. The van der Waals surface area contributed by atoms with E-state index in [1.54, 1.807) is 38.6 Å². The van der Waals surface area contributed by atoms with Crippen LogP contribution in [0.3, 0.4) is 0 Å². The van der Waals surface area contributed by atoms with Crippen molar-refractivity contribution in [3.63, 3.8) is 0 Å². The van der Waals surface area contributed by atoms with Crippen molar-refractivity contribution in [3.8, 4) is 22.8 Å². The number of imidazole rings is 1. The Morgan fingerprint density at radius 2 is 1.57 bits per heavy atom. The number of guanidine groups is 1. The third-order valence-electron chi connectivity index (χ3n) is 7.25. The number of methoxy groups -OCH3 is 2. The highest BCUT2D eigenvalue weighted by Gasteiger charge is 2.04. The van der Waals surface area contributed by atoms with Crippen LogP contribution in [0.15, 0.2) is 144 Å². The van der Waals surface area contributed by atoms with E-state index in [0.717, 1.165) is 64.9 Å². The van der Waals surface area contributed by atoms with E-state index in [2.05, 4.69) is 78.6 Å². The summed E-state index contributed by atoms with van der Waals surface area (Å²) >= 11 is 0. The molecule has 8 N–H and O–H groups in total. The molecule has 0 aliphatic carbocycles. The van der Waals surface area contributed by atoms with Crippen molar-refractivity contribution < 1.29 is 13.9 Å². The van der Waals surface area contributed by atoms with Gasteiger partial charge in [-0.2, -0.15) is 0 Å². The molecule has 4 aromatic rings. The molecule has 0 saturated carbocycles. The molecule has 2 heterocycles. The number of rotatable bonds is 16. The molecule has 0 aliphatic rings. The van der Waals surface area contributed by atoms with Crippen LogP contribution in [0.2, 0.25) is 0 Å². The first-order chi connectivity index (χ1) is 26.2. The molecular formula is C44H57N7O3. The second kappa shape index (κ2) is 27.3. The van der Waals surface area contributed by atoms with Crippen LogP contribution < -0.4 is 26.7 Å². The lowest BCUT2D eigenvalue weighted by Crippen LogP contribution is -2.22. The first-order valence-electron chi connectivity index (χ1n) is 17.4. The topological polar surface area (TPSA) is 175 Å². The average Bonchev–Trinajstić information content (AvgIpc) is 3.89. The number of ether oxygens (including phenoxy) is 2. The molecule has 2 aromatic heterocycles. The van der Waals surface area contributed by atoms with Crippen molar-refractivity contribution in [1.82, 2.24) is 9.97 Å². The summed E-state index contributed by atoms with van der Waals surface area (Å²) in [7, 11) is 4.84. The van der Waals surface area contributed by atoms with E-state index in [9.17, 15) is 0 Å². The van der Waals surface area contributed by atoms with Crippen LogP contribution in [-0.2, 0) is 6.42 Å². The Balaban J connectivity index is 0.000000472. The van der Waals surface area contributed by atoms with Crippen molar-refractivity contribution >= 4 is 29.9 Å². The number of nitrogens with zero attached hydrogens (tertiary/aromatic N) is 2. The third kappa shape index (κ3) is 17.7. The highest BCUT2D eigenvalue weighted by molar-refractivity contribution is 5.86. The lowest BCUT2D eigenvalue weighted by Gasteiger charge is -2.04. The van der Waals surface area contributed by atoms with Gasteiger partial charge >= 0.3 is 0 Å². The molecule has 10 nitrogen and oxygen atoms in total. The van der Waals surface area contributed by atoms with Gasteiger partial charge in [0.05, 0.1) is 32.7 Å². The Morgan fingerprint density at radius 3 is 2.09 bits per heavy atom. The minimum absolute atomic E-state index is 0.111. The molecule has 0 bridgehead atoms. The van der Waals surface area contributed by atoms with Gasteiger partial charge in [-0.3, -0.25) is 0 Å². The Hall–Kier alpha value is -6.39. The molecule has 0 radical (unpaired) electrons. The van der Waals surface area contributed by atoms with Gasteiger partial charge in [-0.15, -0.1) is 6.58 Å². The summed E-state index contributed by atoms with van der Waals surface area (Å²) < 4.78 is 16.0. The summed E-state index contributed by atoms with van der Waals surface area (Å²) in [6, 6.07) is 20.0. The quantitative estimate of drug-likeness (QED) is 0.0330. The molecule has 0 saturated heterocycles. The van der Waals surface area contributed by atoms with Crippen LogP contribution >= 0.6 is 0 Å². The summed E-state index contributed by atoms with van der Waals surface area (Å²) in [4.78, 5) is 11.2. The fourth-order valence-electron chi connectivity index (χ4n) is 4.34. The van der Waals surface area contributed by atoms with Crippen LogP contribution in [0, 0.1) is 5.41 Å². The zero-order valence-corrected chi connectivity index (χ0v) is 32.3. The minimum atomic E-state index is 0.111. The summed E-state index contributed by atoms with van der Waals surface area (Å²) in [5.41, 5.74) is 20.5. The SMILES string of the molecule is C=C/C(C=N)=C\c1cnc(/C(C=C)=C/C=C(\C)CCc2ccc(OC)cc2)[nH]1.C=CCN=C(N)N.CC/C=C/c1ccc(-c2ccc(OC)cc2)o1.CN. The number of H-pyrrole nitrogens is 1. The molecule has 0 amide bonds. The minimum Gasteiger partial charge on any atom is -0.497 e. The first-order valence-corrected chi connectivity index (χ1v) is 17.4. The molecule has 0 unspecified atom stereocenters. The number of aromatic nitrogens is 2. The Bertz CT molecular complexity index is 1840. The summed E-state index contributed by atoms with van der Waals surface area (Å²) in [5, 5.41) is 7.33. The molecule has 286 valence electrons. The maximum absolute atomic E-state index is 7.33. The lowest BCUT2D eigenvalue weighted by atomic mass is 10.0. The van der Waals surface area contributed by atoms with Gasteiger partial charge in [0.2, 0.25) is 0 Å². The summed E-state index contributed by atoms with van der Waals surface area (Å²) in [6.45, 7) is 15.7. The monoisotopic (exact) mass is 731 g/mol. The van der Waals surface area contributed by atoms with E-state index < -0.39 is 0 Å². The van der Waals surface area contributed by atoms with Gasteiger partial charge in [0.15, 0.2) is 5.96 Å². The molecule has 2 aromatic carbocycles. The van der Waals surface area contributed by atoms with Gasteiger partial charge in [-0.1, -0.05) is 74.2 Å². The molecule has 4 rings (SSSR count). The zero-order valence-electron chi connectivity index (χ0n) is 32.3. The van der Waals surface area contributed by atoms with Crippen molar-refractivity contribution in [1.29, 1.82) is 5.41 Å². The predicted molar refractivity (Wildman–Crippen MR) is 230 cm³/mol. The average molecular weight is 732 g/mol. The Labute approximate surface area is 321 Å². The molecule has 0 atom stereocenters. The van der Waals surface area contributed by atoms with E-state index >= 15 is 0 Å². The predicted octanol–water partition coefficient (Wildman–Crippen LogP) is 9.18. The highest BCUT2D eigenvalue weighted by Crippen LogP contribution is 2.25. The molecule has 0 aliphatic heterocycles. The molecule has 10 heteroatoms. The van der Waals surface area contributed by atoms with Gasteiger partial charge in [0.1, 0.15) is 28.8 Å². The second-order valence-corrected chi connectivity index (χ2v) is 11.2. The van der Waals surface area contributed by atoms with E-state index in [-0.39, 0.29) is 5.96 Å². The number of benzene rings is 2. The van der Waals surface area contributed by atoms with Crippen LogP contribution in [0.25, 0.3) is 29.0 Å². The zero-order chi connectivity index (χ0) is 40.1. The standard InChI is InChI=1S/C24H27N3O.C15H16O2.C4H9N3.CH5N/c1-5-19(16-25)15-22-17-26-24(27-22)21(6-2)12-8-18(3)7-9-20-10-13-23(28-4)14-11-20;1-3-4-5-14-10-11-15(17-14)12-6-8-13(16-2)9-7-12;1-2-3-7-4(5)6;1-2/h5-6,8,10-17,25H,1-2,7,9H2,3-4H3,(H,26,27);4-11H,3H2,1-2H3;2H,1,3H2,(H4,5,6,7);2H2,1H3/b18-8+,19-15+,21-12+,25-16?;5-4+;;. The Kier molecular flexibility index (Phi) is 23.1.